The molecule has 3 saturated heterocycles. The Morgan fingerprint density at radius 3 is 1.31 bits per heavy atom. The molecule has 3 aliphatic heterocycles. The third-order valence-corrected chi connectivity index (χ3v) is 16.4. The van der Waals surface area contributed by atoms with Crippen LogP contribution in [0, 0.1) is 0 Å². The van der Waals surface area contributed by atoms with Gasteiger partial charge in [0.15, 0.2) is 30.8 Å². The molecule has 0 spiro atoms. The van der Waals surface area contributed by atoms with E-state index in [-0.39, 0.29) is 12.8 Å². The van der Waals surface area contributed by atoms with E-state index in [4.69, 9.17) is 28.4 Å². The van der Waals surface area contributed by atoms with Gasteiger partial charge >= 0.3 is 0 Å². The molecule has 0 unspecified atom stereocenters. The van der Waals surface area contributed by atoms with Crippen LogP contribution in [-0.2, 0) is 38.0 Å². The summed E-state index contributed by atoms with van der Waals surface area (Å²) in [5.41, 5.74) is 0. The molecule has 1 amide bonds. The highest BCUT2D eigenvalue weighted by molar-refractivity contribution is 6.05. The van der Waals surface area contributed by atoms with Crippen LogP contribution in [-0.4, -0.2) is 220 Å². The van der Waals surface area contributed by atoms with Crippen molar-refractivity contribution in [1.82, 2.24) is 5.32 Å². The normalized spacial score (nSPS) is 30.9. The second-order valence-electron chi connectivity index (χ2n) is 23.2. The second kappa shape index (κ2) is 42.3. The molecule has 81 heavy (non-hydrogen) atoms. The van der Waals surface area contributed by atoms with Crippen molar-refractivity contribution in [2.24, 2.45) is 0 Å². The summed E-state index contributed by atoms with van der Waals surface area (Å²) < 4.78 is 34.9. The maximum Gasteiger partial charge on any atom is 0.257 e. The Balaban J connectivity index is 1.64. The number of rotatable bonds is 46. The summed E-state index contributed by atoms with van der Waals surface area (Å²) in [4.78, 5) is 26.9. The van der Waals surface area contributed by atoms with E-state index < -0.39 is 154 Å². The number of Topliss-reactive ketones (excluding diaryl/α,β-unsaturated/α-hetero) is 1. The number of hydrogen-bond donors (Lipinski definition) is 14. The molecule has 14 N–H and O–H groups in total. The van der Waals surface area contributed by atoms with Crippen molar-refractivity contribution in [2.75, 3.05) is 19.8 Å². The molecule has 0 aromatic heterocycles. The van der Waals surface area contributed by atoms with Gasteiger partial charge in [-0.15, -0.1) is 0 Å². The molecule has 0 bridgehead atoms. The SMILES string of the molecule is CCCCCCCCCCCCCCCCCCCCC[C@@H](O)C(=O)[C@@H](O)C(=O)N[C@@H](CO[C@@H]1O[C@H](CO)[C@@H](O[C@@H]2O[C@H](CO)[C@H](O)[C@H](O)[C@H]2O)[C@H](O[C@H]2O[C@H](C)[C@H](O)[C@H](O)[C@H]2O)[C@H]1O)[C@H](O)[C@H](O)CCCCCCCCCCCC. The molecule has 22 heteroatoms. The molecular formula is C59H111NO21. The number of ketones is 1. The van der Waals surface area contributed by atoms with Crippen LogP contribution in [0.3, 0.4) is 0 Å². The van der Waals surface area contributed by atoms with Crippen LogP contribution in [0.2, 0.25) is 0 Å². The fourth-order valence-corrected chi connectivity index (χ4v) is 10.9. The summed E-state index contributed by atoms with van der Waals surface area (Å²) in [7, 11) is 0. The van der Waals surface area contributed by atoms with Crippen molar-refractivity contribution >= 4 is 11.7 Å². The molecule has 478 valence electrons. The number of nitrogens with one attached hydrogen (secondary N) is 1. The Morgan fingerprint density at radius 1 is 0.457 bits per heavy atom. The van der Waals surface area contributed by atoms with Gasteiger partial charge in [0.2, 0.25) is 0 Å². The van der Waals surface area contributed by atoms with E-state index >= 15 is 0 Å². The number of ether oxygens (including phenoxy) is 6. The molecule has 0 aliphatic carbocycles. The van der Waals surface area contributed by atoms with Gasteiger partial charge in [0, 0.05) is 0 Å². The number of amides is 1. The van der Waals surface area contributed by atoms with Crippen LogP contribution in [0.1, 0.15) is 220 Å². The summed E-state index contributed by atoms with van der Waals surface area (Å²) in [6.07, 6.45) is -1.17. The maximum absolute atomic E-state index is 13.6. The molecule has 0 aromatic carbocycles. The molecule has 3 rings (SSSR count). The van der Waals surface area contributed by atoms with Crippen molar-refractivity contribution in [1.29, 1.82) is 0 Å². The van der Waals surface area contributed by atoms with Gasteiger partial charge in [-0.25, -0.2) is 0 Å². The van der Waals surface area contributed by atoms with Crippen LogP contribution < -0.4 is 5.32 Å². The fraction of sp³-hybridized carbons (Fsp3) is 0.966. The smallest absolute Gasteiger partial charge is 0.257 e. The highest BCUT2D eigenvalue weighted by Crippen LogP contribution is 2.34. The lowest BCUT2D eigenvalue weighted by atomic mass is 9.96. The van der Waals surface area contributed by atoms with E-state index in [0.29, 0.717) is 12.8 Å². The lowest BCUT2D eigenvalue weighted by Gasteiger charge is -2.49. The summed E-state index contributed by atoms with van der Waals surface area (Å²) >= 11 is 0. The third-order valence-electron chi connectivity index (χ3n) is 16.4. The van der Waals surface area contributed by atoms with Gasteiger partial charge in [0.1, 0.15) is 79.4 Å². The van der Waals surface area contributed by atoms with Gasteiger partial charge < -0.3 is 100 Å². The van der Waals surface area contributed by atoms with E-state index in [1.165, 1.54) is 110 Å². The van der Waals surface area contributed by atoms with Crippen LogP contribution in [0.25, 0.3) is 0 Å². The molecule has 0 radical (unpaired) electrons. The molecule has 3 heterocycles. The highest BCUT2D eigenvalue weighted by Gasteiger charge is 2.54. The summed E-state index contributed by atoms with van der Waals surface area (Å²) in [5.74, 6) is -2.49. The van der Waals surface area contributed by atoms with Crippen molar-refractivity contribution in [2.45, 2.75) is 342 Å². The number of unbranched alkanes of at least 4 members (excludes halogenated alkanes) is 27. The van der Waals surface area contributed by atoms with E-state index in [1.54, 1.807) is 0 Å². The number of carbonyl (C=O) groups excluding carboxylic acids is 2. The lowest BCUT2D eigenvalue weighted by Crippen LogP contribution is -2.67. The van der Waals surface area contributed by atoms with Crippen LogP contribution >= 0.6 is 0 Å². The number of carbonyl (C=O) groups is 2. The van der Waals surface area contributed by atoms with Gasteiger partial charge in [0.05, 0.1) is 38.1 Å². The van der Waals surface area contributed by atoms with E-state index in [2.05, 4.69) is 19.2 Å². The third kappa shape index (κ3) is 26.1. The Kier molecular flexibility index (Phi) is 38.4. The Morgan fingerprint density at radius 2 is 0.852 bits per heavy atom. The first-order valence-corrected chi connectivity index (χ1v) is 31.4. The van der Waals surface area contributed by atoms with Gasteiger partial charge in [-0.3, -0.25) is 9.59 Å². The zero-order valence-electron chi connectivity index (χ0n) is 49.2. The number of aliphatic hydroxyl groups excluding tert-OH is 13. The average molecular weight is 1170 g/mol. The molecule has 0 saturated carbocycles. The molecule has 0 aromatic rings. The number of aliphatic hydroxyl groups is 13. The minimum atomic E-state index is -2.39. The molecule has 3 aliphatic rings. The number of hydrogen-bond acceptors (Lipinski definition) is 21. The molecular weight excluding hydrogens is 1060 g/mol. The predicted octanol–water partition coefficient (Wildman–Crippen LogP) is 3.11. The van der Waals surface area contributed by atoms with E-state index in [1.807, 2.05) is 0 Å². The van der Waals surface area contributed by atoms with E-state index in [0.717, 1.165) is 70.6 Å². The van der Waals surface area contributed by atoms with Gasteiger partial charge in [0.25, 0.3) is 5.91 Å². The second-order valence-corrected chi connectivity index (χ2v) is 23.2. The Hall–Kier alpha value is -1.62. The fourth-order valence-electron chi connectivity index (χ4n) is 10.9. The monoisotopic (exact) mass is 1170 g/mol. The Labute approximate surface area is 482 Å². The quantitative estimate of drug-likeness (QED) is 0.0307. The maximum atomic E-state index is 13.6. The summed E-state index contributed by atoms with van der Waals surface area (Å²) in [6, 6.07) is -1.62. The molecule has 22 nitrogen and oxygen atoms in total. The van der Waals surface area contributed by atoms with Gasteiger partial charge in [-0.2, -0.15) is 0 Å². The predicted molar refractivity (Wildman–Crippen MR) is 299 cm³/mol. The largest absolute Gasteiger partial charge is 0.394 e. The van der Waals surface area contributed by atoms with Crippen molar-refractivity contribution in [3.63, 3.8) is 0 Å². The topological polar surface area (TPSA) is 365 Å². The molecule has 3 fully saturated rings. The van der Waals surface area contributed by atoms with E-state index in [9.17, 15) is 76.0 Å². The van der Waals surface area contributed by atoms with Crippen molar-refractivity contribution < 1.29 is 104 Å². The summed E-state index contributed by atoms with van der Waals surface area (Å²) in [6.45, 7) is 3.18. The first kappa shape index (κ1) is 73.6. The van der Waals surface area contributed by atoms with Gasteiger partial charge in [-0.1, -0.05) is 200 Å². The Bertz CT molecular complexity index is 1610. The standard InChI is InChI=1S/C59H111NO21/c1-4-6-8-10-12-14-16-17-18-19-20-21-22-23-24-26-28-30-32-34-41(64)46(67)50(71)56(75)60-39(45(66)40(63)33-31-29-27-25-15-13-11-9-7-5-2)37-76-57-53(74)55(81-58-51(72)48(69)44(65)38(3)77-58)54(43(36-62)79-57)80-59-52(73)49(70)47(68)42(35-61)78-59/h38-45,47-55,57-59,61-66,68-74H,4-37H2,1-3H3,(H,60,75)/t38-,39+,40-,41-,42-,43-,44+,45+,47+,48+,49+,50-,51-,52-,53-,54-,55-,57-,58-,59+/m1/s1. The van der Waals surface area contributed by atoms with Gasteiger partial charge in [-0.05, 0) is 19.8 Å². The van der Waals surface area contributed by atoms with Crippen molar-refractivity contribution in [3.8, 4) is 0 Å². The van der Waals surface area contributed by atoms with Crippen LogP contribution in [0.15, 0.2) is 0 Å². The minimum Gasteiger partial charge on any atom is -0.394 e. The van der Waals surface area contributed by atoms with Crippen LogP contribution in [0.5, 0.6) is 0 Å². The zero-order valence-corrected chi connectivity index (χ0v) is 49.2. The van der Waals surface area contributed by atoms with Crippen molar-refractivity contribution in [3.05, 3.63) is 0 Å². The lowest BCUT2D eigenvalue weighted by molar-refractivity contribution is -0.386. The molecule has 20 atom stereocenters. The first-order valence-electron chi connectivity index (χ1n) is 31.4. The minimum absolute atomic E-state index is 0.00338. The summed E-state index contributed by atoms with van der Waals surface area (Å²) in [5, 5.41) is 143. The average Bonchev–Trinajstić information content (AvgIpc) is 3.60. The zero-order chi connectivity index (χ0) is 59.7. The highest BCUT2D eigenvalue weighted by atomic mass is 16.8. The first-order chi connectivity index (χ1) is 38.9. The van der Waals surface area contributed by atoms with Crippen LogP contribution in [0.4, 0.5) is 0 Å².